The number of carbonyl (C=O) groups excluding carboxylic acids is 1. The molecule has 0 radical (unpaired) electrons. The smallest absolute Gasteiger partial charge is 0.233 e. The number of anilines is 1. The number of piperidine rings is 1. The fraction of sp³-hybridized carbons (Fsp3) is 0.526. The number of carbonyl (C=O) groups is 1. The predicted octanol–water partition coefficient (Wildman–Crippen LogP) is 2.69. The molecule has 1 atom stereocenters. The minimum atomic E-state index is -3.31. The Morgan fingerprint density at radius 1 is 1.28 bits per heavy atom. The first-order valence-electron chi connectivity index (χ1n) is 9.69. The quantitative estimate of drug-likeness (QED) is 0.669. The molecule has 158 valence electrons. The summed E-state index contributed by atoms with van der Waals surface area (Å²) >= 11 is 1.41. The van der Waals surface area contributed by atoms with Crippen LogP contribution in [0, 0.1) is 5.92 Å². The van der Waals surface area contributed by atoms with E-state index in [-0.39, 0.29) is 5.91 Å². The number of hydrogen-bond acceptors (Lipinski definition) is 6. The number of likely N-dealkylation sites (tertiary alicyclic amines) is 1. The van der Waals surface area contributed by atoms with Crippen molar-refractivity contribution in [3.8, 4) is 11.4 Å². The van der Waals surface area contributed by atoms with E-state index in [1.54, 1.807) is 24.3 Å². The van der Waals surface area contributed by atoms with Crippen LogP contribution in [0.15, 0.2) is 29.4 Å². The van der Waals surface area contributed by atoms with E-state index in [1.807, 2.05) is 16.4 Å². The summed E-state index contributed by atoms with van der Waals surface area (Å²) in [6.45, 7) is 6.53. The highest BCUT2D eigenvalue weighted by Gasteiger charge is 2.22. The summed E-state index contributed by atoms with van der Waals surface area (Å²) in [6, 6.07) is 6.99. The fourth-order valence-corrected chi connectivity index (χ4v) is 4.90. The van der Waals surface area contributed by atoms with E-state index in [2.05, 4.69) is 21.8 Å². The minimum Gasteiger partial charge on any atom is -0.342 e. The Kier molecular flexibility index (Phi) is 6.84. The maximum Gasteiger partial charge on any atom is 0.233 e. The zero-order valence-electron chi connectivity index (χ0n) is 17.0. The molecule has 29 heavy (non-hydrogen) atoms. The molecule has 1 fully saturated rings. The van der Waals surface area contributed by atoms with Gasteiger partial charge in [0.05, 0.1) is 12.0 Å². The number of aromatic nitrogens is 3. The number of sulfonamides is 1. The summed E-state index contributed by atoms with van der Waals surface area (Å²) in [4.78, 5) is 14.5. The van der Waals surface area contributed by atoms with Crippen LogP contribution >= 0.6 is 11.8 Å². The Morgan fingerprint density at radius 2 is 2.00 bits per heavy atom. The molecule has 1 aromatic carbocycles. The van der Waals surface area contributed by atoms with Gasteiger partial charge in [-0.2, -0.15) is 0 Å². The SMILES string of the molecule is CCn1c(SCC(=O)N2CCCC(C)C2)nnc1-c1ccc(NS(C)(=O)=O)cc1. The van der Waals surface area contributed by atoms with Crippen molar-refractivity contribution in [1.29, 1.82) is 0 Å². The maximum atomic E-state index is 12.5. The Hall–Kier alpha value is -2.07. The molecule has 10 heteroatoms. The molecule has 1 aromatic heterocycles. The third-order valence-electron chi connectivity index (χ3n) is 4.81. The van der Waals surface area contributed by atoms with E-state index >= 15 is 0 Å². The highest BCUT2D eigenvalue weighted by molar-refractivity contribution is 7.99. The Morgan fingerprint density at radius 3 is 2.62 bits per heavy atom. The van der Waals surface area contributed by atoms with Crippen molar-refractivity contribution in [2.75, 3.05) is 29.8 Å². The van der Waals surface area contributed by atoms with E-state index in [0.29, 0.717) is 34.9 Å². The number of benzene rings is 1. The van der Waals surface area contributed by atoms with Crippen LogP contribution in [0.1, 0.15) is 26.7 Å². The number of nitrogens with one attached hydrogen (secondary N) is 1. The third-order valence-corrected chi connectivity index (χ3v) is 6.37. The Balaban J connectivity index is 1.69. The molecular weight excluding hydrogens is 410 g/mol. The first-order valence-corrected chi connectivity index (χ1v) is 12.6. The molecule has 0 saturated carbocycles. The zero-order valence-corrected chi connectivity index (χ0v) is 18.6. The van der Waals surface area contributed by atoms with Crippen molar-refractivity contribution in [2.24, 2.45) is 5.92 Å². The molecule has 1 N–H and O–H groups in total. The van der Waals surface area contributed by atoms with E-state index in [1.165, 1.54) is 18.2 Å². The van der Waals surface area contributed by atoms with Crippen LogP contribution < -0.4 is 4.72 Å². The molecule has 3 rings (SSSR count). The fourth-order valence-electron chi connectivity index (χ4n) is 3.43. The Labute approximate surface area is 176 Å². The van der Waals surface area contributed by atoms with Crippen LogP contribution in [0.5, 0.6) is 0 Å². The Bertz CT molecular complexity index is 957. The van der Waals surface area contributed by atoms with Crippen LogP contribution in [-0.4, -0.2) is 59.1 Å². The van der Waals surface area contributed by atoms with Crippen LogP contribution in [0.3, 0.4) is 0 Å². The molecule has 1 amide bonds. The van der Waals surface area contributed by atoms with Gasteiger partial charge >= 0.3 is 0 Å². The van der Waals surface area contributed by atoms with Crippen molar-refractivity contribution in [1.82, 2.24) is 19.7 Å². The lowest BCUT2D eigenvalue weighted by atomic mass is 10.0. The lowest BCUT2D eigenvalue weighted by Gasteiger charge is -2.30. The van der Waals surface area contributed by atoms with Gasteiger partial charge in [-0.05, 0) is 49.9 Å². The van der Waals surface area contributed by atoms with Crippen molar-refractivity contribution in [3.63, 3.8) is 0 Å². The van der Waals surface area contributed by atoms with E-state index in [4.69, 9.17) is 0 Å². The molecule has 1 unspecified atom stereocenters. The molecule has 8 nitrogen and oxygen atoms in total. The number of rotatable bonds is 7. The number of amides is 1. The first kappa shape index (κ1) is 21.6. The summed E-state index contributed by atoms with van der Waals surface area (Å²) in [6.07, 6.45) is 3.37. The number of nitrogens with zero attached hydrogens (tertiary/aromatic N) is 4. The molecule has 0 aliphatic carbocycles. The standard InChI is InChI=1S/C19H27N5O3S2/c1-4-24-18(15-7-9-16(10-8-15)22-29(3,26)27)20-21-19(24)28-13-17(25)23-11-5-6-14(2)12-23/h7-10,14,22H,4-6,11-13H2,1-3H3. The van der Waals surface area contributed by atoms with Crippen LogP contribution in [0.2, 0.25) is 0 Å². The first-order chi connectivity index (χ1) is 13.8. The van der Waals surface area contributed by atoms with Gasteiger partial charge in [0.15, 0.2) is 11.0 Å². The van der Waals surface area contributed by atoms with Gasteiger partial charge in [-0.15, -0.1) is 10.2 Å². The van der Waals surface area contributed by atoms with E-state index < -0.39 is 10.0 Å². The summed E-state index contributed by atoms with van der Waals surface area (Å²) in [7, 11) is -3.31. The van der Waals surface area contributed by atoms with Crippen molar-refractivity contribution < 1.29 is 13.2 Å². The topological polar surface area (TPSA) is 97.2 Å². The second-order valence-corrected chi connectivity index (χ2v) is 10.1. The van der Waals surface area contributed by atoms with Gasteiger partial charge < -0.3 is 9.47 Å². The zero-order chi connectivity index (χ0) is 21.0. The molecule has 1 saturated heterocycles. The van der Waals surface area contributed by atoms with Gasteiger partial charge in [0, 0.05) is 30.9 Å². The van der Waals surface area contributed by atoms with Gasteiger partial charge in [0.25, 0.3) is 0 Å². The maximum absolute atomic E-state index is 12.5. The predicted molar refractivity (Wildman–Crippen MR) is 115 cm³/mol. The van der Waals surface area contributed by atoms with Crippen LogP contribution in [0.4, 0.5) is 5.69 Å². The molecule has 2 aromatic rings. The molecule has 0 spiro atoms. The van der Waals surface area contributed by atoms with Gasteiger partial charge in [0.2, 0.25) is 15.9 Å². The van der Waals surface area contributed by atoms with Crippen molar-refractivity contribution >= 4 is 33.4 Å². The average Bonchev–Trinajstić information content (AvgIpc) is 3.08. The summed E-state index contributed by atoms with van der Waals surface area (Å²) in [5.74, 6) is 1.75. The minimum absolute atomic E-state index is 0.143. The highest BCUT2D eigenvalue weighted by atomic mass is 32.2. The van der Waals surface area contributed by atoms with Gasteiger partial charge in [-0.3, -0.25) is 9.52 Å². The van der Waals surface area contributed by atoms with Crippen LogP contribution in [-0.2, 0) is 21.4 Å². The second-order valence-electron chi connectivity index (χ2n) is 7.38. The third kappa shape index (κ3) is 5.72. The molecule has 1 aliphatic rings. The molecule has 1 aliphatic heterocycles. The lowest BCUT2D eigenvalue weighted by molar-refractivity contribution is -0.130. The summed E-state index contributed by atoms with van der Waals surface area (Å²) < 4.78 is 27.1. The van der Waals surface area contributed by atoms with Gasteiger partial charge in [-0.1, -0.05) is 18.7 Å². The summed E-state index contributed by atoms with van der Waals surface area (Å²) in [5, 5.41) is 9.27. The normalized spacial score (nSPS) is 17.3. The monoisotopic (exact) mass is 437 g/mol. The number of thioether (sulfide) groups is 1. The lowest BCUT2D eigenvalue weighted by Crippen LogP contribution is -2.40. The average molecular weight is 438 g/mol. The second kappa shape index (κ2) is 9.17. The van der Waals surface area contributed by atoms with Crippen LogP contribution in [0.25, 0.3) is 11.4 Å². The number of hydrogen-bond donors (Lipinski definition) is 1. The summed E-state index contributed by atoms with van der Waals surface area (Å²) in [5.41, 5.74) is 1.33. The highest BCUT2D eigenvalue weighted by Crippen LogP contribution is 2.26. The molecule has 0 bridgehead atoms. The van der Waals surface area contributed by atoms with Crippen molar-refractivity contribution in [2.45, 2.75) is 38.4 Å². The van der Waals surface area contributed by atoms with E-state index in [0.717, 1.165) is 31.3 Å². The van der Waals surface area contributed by atoms with Gasteiger partial charge in [-0.25, -0.2) is 8.42 Å². The molecular formula is C19H27N5O3S2. The van der Waals surface area contributed by atoms with Crippen molar-refractivity contribution in [3.05, 3.63) is 24.3 Å². The largest absolute Gasteiger partial charge is 0.342 e. The molecule has 2 heterocycles. The van der Waals surface area contributed by atoms with E-state index in [9.17, 15) is 13.2 Å². The van der Waals surface area contributed by atoms with Gasteiger partial charge in [0.1, 0.15) is 0 Å².